The molecule has 0 atom stereocenters. The van der Waals surface area contributed by atoms with Crippen LogP contribution in [0.15, 0.2) is 30.3 Å². The summed E-state index contributed by atoms with van der Waals surface area (Å²) < 4.78 is 46.2. The first-order chi connectivity index (χ1) is 12.8. The smallest absolute Gasteiger partial charge is 0.463 e. The van der Waals surface area contributed by atoms with Crippen LogP contribution in [0.2, 0.25) is 0 Å². The van der Waals surface area contributed by atoms with Crippen LogP contribution in [0.1, 0.15) is 56.1 Å². The molecule has 0 unspecified atom stereocenters. The fraction of sp³-hybridized carbons (Fsp3) is 0.500. The minimum absolute atomic E-state index is 0.221. The van der Waals surface area contributed by atoms with Gasteiger partial charge in [-0.2, -0.15) is 13.2 Å². The fourth-order valence-electron chi connectivity index (χ4n) is 3.03. The molecule has 27 heavy (non-hydrogen) atoms. The maximum atomic E-state index is 12.2. The van der Waals surface area contributed by atoms with Crippen LogP contribution >= 0.6 is 0 Å². The summed E-state index contributed by atoms with van der Waals surface area (Å²) in [5.74, 6) is -2.27. The first kappa shape index (κ1) is 21.0. The lowest BCUT2D eigenvalue weighted by Crippen LogP contribution is -2.32. The Bertz CT molecular complexity index is 657. The lowest BCUT2D eigenvalue weighted by Gasteiger charge is -2.28. The molecule has 0 radical (unpaired) electrons. The zero-order valence-corrected chi connectivity index (χ0v) is 15.1. The molecule has 4 nitrogen and oxygen atoms in total. The van der Waals surface area contributed by atoms with Gasteiger partial charge in [-0.15, -0.1) is 0 Å². The third-order valence-electron chi connectivity index (χ3n) is 4.45. The Kier molecular flexibility index (Phi) is 7.45. The topological polar surface area (TPSA) is 52.6 Å². The van der Waals surface area contributed by atoms with Gasteiger partial charge in [0.25, 0.3) is 0 Å². The molecule has 0 amide bonds. The fourth-order valence-corrected chi connectivity index (χ4v) is 3.03. The number of benzene rings is 1. The van der Waals surface area contributed by atoms with Crippen molar-refractivity contribution in [3.8, 4) is 0 Å². The second-order valence-electron chi connectivity index (χ2n) is 6.54. The van der Waals surface area contributed by atoms with Crippen LogP contribution in [0.25, 0.3) is 6.08 Å². The average molecular weight is 384 g/mol. The minimum Gasteiger partial charge on any atom is -0.463 e. The first-order valence-electron chi connectivity index (χ1n) is 9.02. The SMILES string of the molecule is CCCOC(=O)/C=C/c1ccc(C2CCC(OC(=O)C(F)(F)F)CC2)cc1. The number of ether oxygens (including phenoxy) is 2. The van der Waals surface area contributed by atoms with Crippen LogP contribution < -0.4 is 0 Å². The maximum absolute atomic E-state index is 12.2. The van der Waals surface area contributed by atoms with Crippen LogP contribution in [0.4, 0.5) is 13.2 Å². The van der Waals surface area contributed by atoms with Crippen molar-refractivity contribution in [3.05, 3.63) is 41.5 Å². The standard InChI is InChI=1S/C20H23F3O4/c1-2-13-26-18(24)12-5-14-3-6-15(7-4-14)16-8-10-17(11-9-16)27-19(25)20(21,22)23/h3-7,12,16-17H,2,8-11,13H2,1H3/b12-5+. The van der Waals surface area contributed by atoms with Gasteiger partial charge in [0.1, 0.15) is 6.10 Å². The predicted molar refractivity (Wildman–Crippen MR) is 93.9 cm³/mol. The van der Waals surface area contributed by atoms with Gasteiger partial charge in [-0.05, 0) is 55.2 Å². The first-order valence-corrected chi connectivity index (χ1v) is 9.02. The summed E-state index contributed by atoms with van der Waals surface area (Å²) in [6.07, 6.45) is 0.360. The summed E-state index contributed by atoms with van der Waals surface area (Å²) in [6.45, 7) is 2.31. The van der Waals surface area contributed by atoms with E-state index in [1.807, 2.05) is 31.2 Å². The molecule has 0 heterocycles. The maximum Gasteiger partial charge on any atom is 0.490 e. The van der Waals surface area contributed by atoms with Gasteiger partial charge in [-0.1, -0.05) is 31.2 Å². The van der Waals surface area contributed by atoms with E-state index in [0.29, 0.717) is 32.3 Å². The highest BCUT2D eigenvalue weighted by Gasteiger charge is 2.42. The van der Waals surface area contributed by atoms with E-state index in [-0.39, 0.29) is 11.9 Å². The van der Waals surface area contributed by atoms with Gasteiger partial charge in [-0.3, -0.25) is 0 Å². The molecule has 1 aromatic rings. The second-order valence-corrected chi connectivity index (χ2v) is 6.54. The van der Waals surface area contributed by atoms with E-state index in [0.717, 1.165) is 17.5 Å². The summed E-state index contributed by atoms with van der Waals surface area (Å²) in [4.78, 5) is 22.3. The molecule has 7 heteroatoms. The highest BCUT2D eigenvalue weighted by molar-refractivity contribution is 5.87. The van der Waals surface area contributed by atoms with Crippen LogP contribution in [0.5, 0.6) is 0 Å². The van der Waals surface area contributed by atoms with Gasteiger partial charge in [0.2, 0.25) is 0 Å². The summed E-state index contributed by atoms with van der Waals surface area (Å²) in [6, 6.07) is 7.66. The quantitative estimate of drug-likeness (QED) is 0.523. The molecular formula is C20H23F3O4. The highest BCUT2D eigenvalue weighted by Crippen LogP contribution is 2.35. The molecule has 0 bridgehead atoms. The second kappa shape index (κ2) is 9.58. The zero-order chi connectivity index (χ0) is 19.9. The largest absolute Gasteiger partial charge is 0.490 e. The third-order valence-corrected chi connectivity index (χ3v) is 4.45. The van der Waals surface area contributed by atoms with E-state index in [1.165, 1.54) is 6.08 Å². The van der Waals surface area contributed by atoms with Crippen LogP contribution in [0.3, 0.4) is 0 Å². The van der Waals surface area contributed by atoms with Gasteiger partial charge in [-0.25, -0.2) is 9.59 Å². The lowest BCUT2D eigenvalue weighted by molar-refractivity contribution is -0.206. The van der Waals surface area contributed by atoms with Crippen molar-refractivity contribution in [2.24, 2.45) is 0 Å². The van der Waals surface area contributed by atoms with Crippen molar-refractivity contribution in [1.29, 1.82) is 0 Å². The normalized spacial score (nSPS) is 20.4. The molecule has 1 aliphatic rings. The van der Waals surface area contributed by atoms with Crippen LogP contribution in [0, 0.1) is 0 Å². The zero-order valence-electron chi connectivity index (χ0n) is 15.1. The van der Waals surface area contributed by atoms with Gasteiger partial charge < -0.3 is 9.47 Å². The summed E-state index contributed by atoms with van der Waals surface area (Å²) in [7, 11) is 0. The Morgan fingerprint density at radius 2 is 1.74 bits per heavy atom. The van der Waals surface area contributed by atoms with Crippen molar-refractivity contribution in [1.82, 2.24) is 0 Å². The lowest BCUT2D eigenvalue weighted by atomic mass is 9.82. The predicted octanol–water partition coefficient (Wildman–Crippen LogP) is 4.78. The Labute approximate surface area is 156 Å². The molecule has 0 N–H and O–H groups in total. The van der Waals surface area contributed by atoms with E-state index in [2.05, 4.69) is 4.74 Å². The number of halogens is 3. The Morgan fingerprint density at radius 1 is 1.11 bits per heavy atom. The van der Waals surface area contributed by atoms with Gasteiger partial charge >= 0.3 is 18.1 Å². The van der Waals surface area contributed by atoms with E-state index in [4.69, 9.17) is 4.74 Å². The van der Waals surface area contributed by atoms with Gasteiger partial charge in [0.15, 0.2) is 0 Å². The van der Waals surface area contributed by atoms with E-state index < -0.39 is 18.2 Å². The Morgan fingerprint density at radius 3 is 2.30 bits per heavy atom. The number of carbonyl (C=O) groups is 2. The summed E-state index contributed by atoms with van der Waals surface area (Å²) in [5, 5.41) is 0. The molecule has 0 aromatic heterocycles. The molecule has 1 aromatic carbocycles. The molecule has 1 fully saturated rings. The molecule has 0 saturated heterocycles. The molecule has 148 valence electrons. The van der Waals surface area contributed by atoms with Crippen molar-refractivity contribution in [3.63, 3.8) is 0 Å². The van der Waals surface area contributed by atoms with Crippen molar-refractivity contribution in [2.45, 2.75) is 57.2 Å². The number of esters is 2. The molecule has 0 spiro atoms. The number of carbonyl (C=O) groups excluding carboxylic acids is 2. The number of hydrogen-bond acceptors (Lipinski definition) is 4. The van der Waals surface area contributed by atoms with Gasteiger partial charge in [0, 0.05) is 6.08 Å². The average Bonchev–Trinajstić information content (AvgIpc) is 2.65. The third kappa shape index (κ3) is 6.73. The van der Waals surface area contributed by atoms with E-state index in [9.17, 15) is 22.8 Å². The molecule has 2 rings (SSSR count). The number of alkyl halides is 3. The van der Waals surface area contributed by atoms with Gasteiger partial charge in [0.05, 0.1) is 6.61 Å². The van der Waals surface area contributed by atoms with Crippen LogP contribution in [-0.2, 0) is 19.1 Å². The molecule has 0 aliphatic heterocycles. The molecule has 1 aliphatic carbocycles. The summed E-state index contributed by atoms with van der Waals surface area (Å²) in [5.41, 5.74) is 1.95. The Balaban J connectivity index is 1.84. The van der Waals surface area contributed by atoms with Crippen molar-refractivity contribution < 1.29 is 32.2 Å². The molecular weight excluding hydrogens is 361 g/mol. The number of rotatable bonds is 6. The van der Waals surface area contributed by atoms with Crippen molar-refractivity contribution in [2.75, 3.05) is 6.61 Å². The van der Waals surface area contributed by atoms with E-state index >= 15 is 0 Å². The highest BCUT2D eigenvalue weighted by atomic mass is 19.4. The summed E-state index contributed by atoms with van der Waals surface area (Å²) >= 11 is 0. The minimum atomic E-state index is -4.94. The monoisotopic (exact) mass is 384 g/mol. The van der Waals surface area contributed by atoms with Crippen LogP contribution in [-0.4, -0.2) is 30.8 Å². The number of hydrogen-bond donors (Lipinski definition) is 0. The van der Waals surface area contributed by atoms with E-state index in [1.54, 1.807) is 6.08 Å². The van der Waals surface area contributed by atoms with Crippen molar-refractivity contribution >= 4 is 18.0 Å². The molecule has 1 saturated carbocycles. The Hall–Kier alpha value is -2.31.